The first kappa shape index (κ1) is 22.2. The molecule has 6 nitrogen and oxygen atoms in total. The first-order valence-corrected chi connectivity index (χ1v) is 7.76. The van der Waals surface area contributed by atoms with Crippen molar-refractivity contribution in [2.45, 2.75) is 25.1 Å². The van der Waals surface area contributed by atoms with Crippen molar-refractivity contribution < 1.29 is 37.7 Å². The van der Waals surface area contributed by atoms with Crippen molar-refractivity contribution in [1.29, 1.82) is 0 Å². The number of rotatable bonds is 7. The molecule has 0 aliphatic heterocycles. The number of hydrogen-bond acceptors (Lipinski definition) is 4. The first-order chi connectivity index (χ1) is 11.1. The van der Waals surface area contributed by atoms with Gasteiger partial charge in [0.2, 0.25) is 0 Å². The highest BCUT2D eigenvalue weighted by Crippen LogP contribution is 2.14. The van der Waals surface area contributed by atoms with E-state index in [4.69, 9.17) is 25.5 Å². The fraction of sp³-hybridized carbons (Fsp3) is 0.429. The molecule has 0 bridgehead atoms. The summed E-state index contributed by atoms with van der Waals surface area (Å²) in [5, 5.41) is 16.7. The standard InChI is InChI=1S/C12H16BrNO3.C2HF3O2/c13-6-1-7-17-10-4-2-9(3-5-10)8-11(14)12(15)16;3-2(4,5)1(6)7/h2-5,11H,1,6-8,14H2,(H,15,16);(H,6,7)/t11-;/m0./s1. The van der Waals surface area contributed by atoms with Crippen LogP contribution in [0.1, 0.15) is 12.0 Å². The molecule has 0 saturated carbocycles. The minimum Gasteiger partial charge on any atom is -0.494 e. The van der Waals surface area contributed by atoms with Crippen LogP contribution in [-0.4, -0.2) is 46.3 Å². The molecule has 136 valence electrons. The monoisotopic (exact) mass is 415 g/mol. The van der Waals surface area contributed by atoms with Crippen LogP contribution in [-0.2, 0) is 16.0 Å². The zero-order valence-corrected chi connectivity index (χ0v) is 14.0. The molecule has 0 aliphatic rings. The Balaban J connectivity index is 0.000000640. The number of alkyl halides is 4. The normalized spacial score (nSPS) is 11.9. The number of carbonyl (C=O) groups is 2. The van der Waals surface area contributed by atoms with Crippen LogP contribution in [0.2, 0.25) is 0 Å². The molecule has 0 unspecified atom stereocenters. The number of nitrogens with two attached hydrogens (primary N) is 1. The number of halogens is 4. The second kappa shape index (κ2) is 10.9. The molecule has 0 spiro atoms. The molecule has 10 heteroatoms. The summed E-state index contributed by atoms with van der Waals surface area (Å²) in [6.45, 7) is 0.666. The van der Waals surface area contributed by atoms with Gasteiger partial charge in [-0.2, -0.15) is 13.2 Å². The van der Waals surface area contributed by atoms with E-state index in [1.807, 2.05) is 24.3 Å². The second-order valence-electron chi connectivity index (χ2n) is 4.49. The van der Waals surface area contributed by atoms with E-state index in [0.29, 0.717) is 13.0 Å². The van der Waals surface area contributed by atoms with Crippen LogP contribution in [0.25, 0.3) is 0 Å². The lowest BCUT2D eigenvalue weighted by Gasteiger charge is -2.08. The molecule has 1 aromatic rings. The SMILES string of the molecule is N[C@@H](Cc1ccc(OCCCBr)cc1)C(=O)O.O=C(O)C(F)(F)F. The Hall–Kier alpha value is -1.81. The van der Waals surface area contributed by atoms with Gasteiger partial charge in [0.1, 0.15) is 11.8 Å². The minimum atomic E-state index is -5.08. The van der Waals surface area contributed by atoms with E-state index in [1.165, 1.54) is 0 Å². The van der Waals surface area contributed by atoms with Gasteiger partial charge in [-0.25, -0.2) is 4.79 Å². The molecule has 24 heavy (non-hydrogen) atoms. The average molecular weight is 416 g/mol. The lowest BCUT2D eigenvalue weighted by atomic mass is 10.1. The predicted octanol–water partition coefficient (Wildman–Crippen LogP) is 2.44. The largest absolute Gasteiger partial charge is 0.494 e. The number of carboxylic acids is 2. The summed E-state index contributed by atoms with van der Waals surface area (Å²) >= 11 is 3.33. The first-order valence-electron chi connectivity index (χ1n) is 6.64. The van der Waals surface area contributed by atoms with Crippen LogP contribution >= 0.6 is 15.9 Å². The van der Waals surface area contributed by atoms with Gasteiger partial charge in [0, 0.05) is 5.33 Å². The highest BCUT2D eigenvalue weighted by atomic mass is 79.9. The lowest BCUT2D eigenvalue weighted by molar-refractivity contribution is -0.192. The Bertz CT molecular complexity index is 522. The van der Waals surface area contributed by atoms with E-state index in [-0.39, 0.29) is 0 Å². The summed E-state index contributed by atoms with van der Waals surface area (Å²) in [7, 11) is 0. The summed E-state index contributed by atoms with van der Waals surface area (Å²) in [5.41, 5.74) is 6.34. The van der Waals surface area contributed by atoms with Crippen molar-refractivity contribution in [2.24, 2.45) is 5.73 Å². The highest BCUT2D eigenvalue weighted by molar-refractivity contribution is 9.09. The van der Waals surface area contributed by atoms with Gasteiger partial charge in [-0.15, -0.1) is 0 Å². The zero-order chi connectivity index (χ0) is 18.8. The number of ether oxygens (including phenoxy) is 1. The Morgan fingerprint density at radius 3 is 2.08 bits per heavy atom. The molecule has 0 aromatic heterocycles. The van der Waals surface area contributed by atoms with E-state index in [0.717, 1.165) is 23.1 Å². The molecule has 1 atom stereocenters. The molecule has 1 rings (SSSR count). The number of benzene rings is 1. The minimum absolute atomic E-state index is 0.330. The second-order valence-corrected chi connectivity index (χ2v) is 5.28. The fourth-order valence-corrected chi connectivity index (χ4v) is 1.54. The van der Waals surface area contributed by atoms with Gasteiger partial charge in [0.25, 0.3) is 0 Å². The molecule has 0 saturated heterocycles. The van der Waals surface area contributed by atoms with Crippen molar-refractivity contribution in [1.82, 2.24) is 0 Å². The topological polar surface area (TPSA) is 110 Å². The number of hydrogen-bond donors (Lipinski definition) is 3. The van der Waals surface area contributed by atoms with Crippen molar-refractivity contribution in [3.63, 3.8) is 0 Å². The summed E-state index contributed by atoms with van der Waals surface area (Å²) in [6, 6.07) is 6.49. The Kier molecular flexibility index (Phi) is 10.0. The van der Waals surface area contributed by atoms with Gasteiger partial charge < -0.3 is 20.7 Å². The van der Waals surface area contributed by atoms with E-state index in [9.17, 15) is 18.0 Å². The quantitative estimate of drug-likeness (QED) is 0.465. The van der Waals surface area contributed by atoms with E-state index < -0.39 is 24.2 Å². The third-order valence-electron chi connectivity index (χ3n) is 2.49. The van der Waals surface area contributed by atoms with Gasteiger partial charge in [0.15, 0.2) is 0 Å². The van der Waals surface area contributed by atoms with E-state index >= 15 is 0 Å². The maximum atomic E-state index is 10.6. The summed E-state index contributed by atoms with van der Waals surface area (Å²) < 4.78 is 37.2. The zero-order valence-electron chi connectivity index (χ0n) is 12.4. The van der Waals surface area contributed by atoms with Gasteiger partial charge in [0.05, 0.1) is 6.61 Å². The van der Waals surface area contributed by atoms with Crippen LogP contribution < -0.4 is 10.5 Å². The van der Waals surface area contributed by atoms with Gasteiger partial charge in [-0.1, -0.05) is 28.1 Å². The van der Waals surface area contributed by atoms with Crippen LogP contribution in [0, 0.1) is 0 Å². The molecular weight excluding hydrogens is 399 g/mol. The molecule has 0 radical (unpaired) electrons. The highest BCUT2D eigenvalue weighted by Gasteiger charge is 2.38. The van der Waals surface area contributed by atoms with Crippen molar-refractivity contribution in [3.05, 3.63) is 29.8 Å². The smallest absolute Gasteiger partial charge is 0.490 e. The Morgan fingerprint density at radius 2 is 1.71 bits per heavy atom. The molecule has 0 fully saturated rings. The maximum absolute atomic E-state index is 10.6. The van der Waals surface area contributed by atoms with Crippen LogP contribution in [0.15, 0.2) is 24.3 Å². The van der Waals surface area contributed by atoms with Gasteiger partial charge >= 0.3 is 18.1 Å². The average Bonchev–Trinajstić information content (AvgIpc) is 2.48. The fourth-order valence-electron chi connectivity index (χ4n) is 1.31. The summed E-state index contributed by atoms with van der Waals surface area (Å²) in [5.74, 6) is -2.95. The number of aliphatic carboxylic acids is 2. The Labute approximate surface area is 144 Å². The van der Waals surface area contributed by atoms with Crippen LogP contribution in [0.5, 0.6) is 5.75 Å². The van der Waals surface area contributed by atoms with Crippen molar-refractivity contribution in [2.75, 3.05) is 11.9 Å². The molecule has 1 aromatic carbocycles. The van der Waals surface area contributed by atoms with E-state index in [1.54, 1.807) is 0 Å². The molecule has 0 aliphatic carbocycles. The van der Waals surface area contributed by atoms with Gasteiger partial charge in [-0.3, -0.25) is 4.79 Å². The van der Waals surface area contributed by atoms with Crippen LogP contribution in [0.4, 0.5) is 13.2 Å². The lowest BCUT2D eigenvalue weighted by Crippen LogP contribution is -2.32. The Morgan fingerprint density at radius 1 is 1.21 bits per heavy atom. The summed E-state index contributed by atoms with van der Waals surface area (Å²) in [6.07, 6.45) is -3.80. The molecule has 0 heterocycles. The van der Waals surface area contributed by atoms with Crippen LogP contribution in [0.3, 0.4) is 0 Å². The van der Waals surface area contributed by atoms with Crippen molar-refractivity contribution in [3.8, 4) is 5.75 Å². The third-order valence-corrected chi connectivity index (χ3v) is 3.05. The van der Waals surface area contributed by atoms with Gasteiger partial charge in [-0.05, 0) is 30.5 Å². The van der Waals surface area contributed by atoms with E-state index in [2.05, 4.69) is 15.9 Å². The van der Waals surface area contributed by atoms with Crippen molar-refractivity contribution >= 4 is 27.9 Å². The molecule has 0 amide bonds. The molecular formula is C14H17BrF3NO5. The maximum Gasteiger partial charge on any atom is 0.490 e. The summed E-state index contributed by atoms with van der Waals surface area (Å²) in [4.78, 5) is 19.5. The number of carboxylic acid groups (broad SMARTS) is 2. The molecule has 4 N–H and O–H groups in total. The third kappa shape index (κ3) is 10.1. The predicted molar refractivity (Wildman–Crippen MR) is 83.4 cm³/mol.